The molecule has 2 aromatic rings. The van der Waals surface area contributed by atoms with Gasteiger partial charge in [-0.25, -0.2) is 0 Å². The smallest absolute Gasteiger partial charge is 0.399 e. The highest BCUT2D eigenvalue weighted by atomic mass is 33.5. The third-order valence-corrected chi connectivity index (χ3v) is 74.5. The van der Waals surface area contributed by atoms with Crippen LogP contribution in [-0.4, -0.2) is 23.3 Å². The number of aromatic nitrogens is 1. The molecule has 0 N–H and O–H groups in total. The molecule has 1 aliphatic heterocycles. The Bertz CT molecular complexity index is 3040. The summed E-state index contributed by atoms with van der Waals surface area (Å²) in [5.74, 6) is 0. The Hall–Kier alpha value is 5.83. The fourth-order valence-corrected chi connectivity index (χ4v) is 85.2. The standard InChI is InChI=1S/C18H22BNO2.S34/c1-13-11-16(14-9-7-6-8-10-14)20-12-15(13)19-21-17(2,3)18(4,5)22-19;1-3-5-7-9-11-13-15-17-19-21-23-25-27-29-31-33-34-32-30-28-26-24-22-20-18-16-14-12-10-8-6-4-2/h6-12H,1-5H3;. The van der Waals surface area contributed by atoms with Gasteiger partial charge in [-0.05, 0) is 46.2 Å². The molecular formula is C18H22BNO2S34. The first kappa shape index (κ1) is 58.0. The van der Waals surface area contributed by atoms with E-state index in [-0.39, 0.29) is 18.3 Å². The zero-order chi connectivity index (χ0) is 40.6. The monoisotopic (exact) mass is 1380 g/mol. The summed E-state index contributed by atoms with van der Waals surface area (Å²) in [5, 5.41) is 0. The molecule has 0 saturated carbocycles. The normalized spacial score (nSPS) is 12.3. The van der Waals surface area contributed by atoms with Crippen molar-refractivity contribution in [3.8, 4) is 11.3 Å². The lowest BCUT2D eigenvalue weighted by atomic mass is 9.77. The van der Waals surface area contributed by atoms with Crippen molar-refractivity contribution < 1.29 is 9.31 Å². The summed E-state index contributed by atoms with van der Waals surface area (Å²) in [6, 6.07) is 12.3. The maximum absolute atomic E-state index is 6.11. The van der Waals surface area contributed by atoms with Crippen molar-refractivity contribution in [1.29, 1.82) is 0 Å². The minimum Gasteiger partial charge on any atom is -0.399 e. The number of benzene rings is 1. The van der Waals surface area contributed by atoms with Gasteiger partial charge in [0.15, 0.2) is 0 Å². The van der Waals surface area contributed by atoms with Crippen LogP contribution in [0, 0.1) is 6.92 Å². The highest BCUT2D eigenvalue weighted by Crippen LogP contribution is 2.36. The predicted octanol–water partition coefficient (Wildman–Crippen LogP) is 3.27. The Balaban J connectivity index is 0.000000419. The van der Waals surface area contributed by atoms with Crippen LogP contribution in [0.25, 0.3) is 11.3 Å². The summed E-state index contributed by atoms with van der Waals surface area (Å²) in [4.78, 5) is 4.59. The zero-order valence-electron chi connectivity index (χ0n) is 27.8. The van der Waals surface area contributed by atoms with Gasteiger partial charge in [-0.2, -0.15) is 0 Å². The van der Waals surface area contributed by atoms with Crippen molar-refractivity contribution >= 4 is 319 Å². The van der Waals surface area contributed by atoms with E-state index in [0.29, 0.717) is 0 Å². The van der Waals surface area contributed by atoms with E-state index in [1.165, 1.54) is 17.8 Å². The van der Waals surface area contributed by atoms with Crippen LogP contribution in [-0.2, 0) is 316 Å². The van der Waals surface area contributed by atoms with E-state index < -0.39 is 0 Å². The number of hydrogen-bond acceptors (Lipinski definition) is 5. The van der Waals surface area contributed by atoms with Gasteiger partial charge >= 0.3 is 7.12 Å². The second-order valence-electron chi connectivity index (χ2n) is 9.06. The van der Waals surface area contributed by atoms with E-state index in [0.717, 1.165) is 22.3 Å². The van der Waals surface area contributed by atoms with Gasteiger partial charge in [0.05, 0.1) is 16.9 Å². The molecule has 0 amide bonds. The zero-order valence-corrected chi connectivity index (χ0v) is 55.5. The summed E-state index contributed by atoms with van der Waals surface area (Å²) in [6.07, 6.45) is 1.87. The van der Waals surface area contributed by atoms with Crippen molar-refractivity contribution in [3.63, 3.8) is 0 Å². The largest absolute Gasteiger partial charge is 0.496 e. The predicted molar refractivity (Wildman–Crippen MR) is 341 cm³/mol. The van der Waals surface area contributed by atoms with Crippen LogP contribution in [0.15, 0.2) is 42.6 Å². The lowest BCUT2D eigenvalue weighted by Crippen LogP contribution is -2.41. The van der Waals surface area contributed by atoms with E-state index in [2.05, 4.69) is 57.8 Å². The minimum absolute atomic E-state index is 0.331. The highest BCUT2D eigenvalue weighted by Gasteiger charge is 2.52. The summed E-state index contributed by atoms with van der Waals surface area (Å²) < 4.78 is 12.2. The first-order valence-electron chi connectivity index (χ1n) is 13.2. The molecule has 3 nitrogen and oxygen atoms in total. The summed E-state index contributed by atoms with van der Waals surface area (Å²) in [7, 11) is 56.1. The molecule has 1 aliphatic rings. The first-order valence-corrected chi connectivity index (χ1v) is 57.2. The van der Waals surface area contributed by atoms with Crippen molar-refractivity contribution in [2.45, 2.75) is 45.8 Å². The highest BCUT2D eigenvalue weighted by molar-refractivity contribution is 8.80. The molecule has 0 aliphatic carbocycles. The second-order valence-corrected chi connectivity index (χ2v) is 65.7. The number of pyridine rings is 1. The molecule has 1 saturated heterocycles. The van der Waals surface area contributed by atoms with Crippen LogP contribution in [0.5, 0.6) is 0 Å². The topological polar surface area (TPSA) is 31.4 Å². The van der Waals surface area contributed by atoms with Crippen LogP contribution >= 0.6 is 0 Å². The first-order chi connectivity index (χ1) is 27.2. The SMILES string of the molecule is Cc1cc(-c2ccccc2)ncc1B1OC(C)(C)C(C)(C)O1.S=S=S=S=S=S=S=S=S=S=S=S=S=S=S=S=S=S=S=S=S=S=S=S=S=S=S=S=S=S=S=S=S=S. The van der Waals surface area contributed by atoms with E-state index in [9.17, 15) is 0 Å². The number of rotatable bonds is 2. The van der Waals surface area contributed by atoms with Gasteiger partial charge in [-0.3, -0.25) is 4.98 Å². The van der Waals surface area contributed by atoms with Gasteiger partial charge in [0, 0.05) is 324 Å². The summed E-state index contributed by atoms with van der Waals surface area (Å²) >= 11 is 9.59. The maximum atomic E-state index is 6.11. The molecule has 2 heterocycles. The molecule has 1 aromatic heterocycles. The molecule has 0 atom stereocenters. The Morgan fingerprint density at radius 3 is 1.02 bits per heavy atom. The van der Waals surface area contributed by atoms with Gasteiger partial charge in [0.2, 0.25) is 0 Å². The van der Waals surface area contributed by atoms with Crippen molar-refractivity contribution in [2.75, 3.05) is 0 Å². The van der Waals surface area contributed by atoms with Gasteiger partial charge in [-0.15, -0.1) is 0 Å². The fourth-order valence-electron chi connectivity index (χ4n) is 2.89. The van der Waals surface area contributed by atoms with Crippen LogP contribution in [0.4, 0.5) is 0 Å². The number of nitrogens with zero attached hydrogens (tertiary/aromatic N) is 1. The number of hydrogen-bond donors (Lipinski definition) is 0. The lowest BCUT2D eigenvalue weighted by Gasteiger charge is -2.32. The van der Waals surface area contributed by atoms with Crippen molar-refractivity contribution in [3.05, 3.63) is 48.2 Å². The number of aryl methyl sites for hydroxylation is 1. The Morgan fingerprint density at radius 2 is 0.750 bits per heavy atom. The van der Waals surface area contributed by atoms with Crippen molar-refractivity contribution in [1.82, 2.24) is 4.98 Å². The van der Waals surface area contributed by atoms with E-state index in [1.54, 1.807) is 107 Å². The molecule has 0 bridgehead atoms. The minimum atomic E-state index is -0.359. The molecule has 56 heavy (non-hydrogen) atoms. The van der Waals surface area contributed by atoms with Gasteiger partial charge < -0.3 is 9.31 Å². The molecular weight excluding hydrogens is 1360 g/mol. The lowest BCUT2D eigenvalue weighted by molar-refractivity contribution is 0.00578. The quantitative estimate of drug-likeness (QED) is 0.432. The molecule has 0 spiro atoms. The van der Waals surface area contributed by atoms with Crippen LogP contribution < -0.4 is 5.46 Å². The fraction of sp³-hybridized carbons (Fsp3) is 0.389. The summed E-state index contributed by atoms with van der Waals surface area (Å²) in [5.41, 5.74) is 3.56. The average molecular weight is 1390 g/mol. The van der Waals surface area contributed by atoms with Crippen LogP contribution in [0.1, 0.15) is 33.3 Å². The van der Waals surface area contributed by atoms with Gasteiger partial charge in [0.1, 0.15) is 0 Å². The molecule has 38 heteroatoms. The second kappa shape index (κ2) is 38.9. The van der Waals surface area contributed by atoms with Crippen LogP contribution in [0.3, 0.4) is 0 Å². The molecule has 0 unspecified atom stereocenters. The Morgan fingerprint density at radius 1 is 0.464 bits per heavy atom. The third-order valence-electron chi connectivity index (χ3n) is 5.59. The molecule has 0 radical (unpaired) electrons. The van der Waals surface area contributed by atoms with E-state index in [1.807, 2.05) is 184 Å². The molecule has 318 valence electrons. The maximum Gasteiger partial charge on any atom is 0.496 e. The van der Waals surface area contributed by atoms with Gasteiger partial charge in [0.25, 0.3) is 0 Å². The van der Waals surface area contributed by atoms with Crippen molar-refractivity contribution in [2.24, 2.45) is 0 Å². The molecule has 1 aromatic carbocycles. The Labute approximate surface area is 429 Å². The molecule has 1 fully saturated rings. The van der Waals surface area contributed by atoms with Gasteiger partial charge in [-0.1, -0.05) is 30.3 Å². The average Bonchev–Trinajstić information content (AvgIpc) is 3.41. The summed E-state index contributed by atoms with van der Waals surface area (Å²) in [6.45, 7) is 10.3. The van der Waals surface area contributed by atoms with E-state index in [4.69, 9.17) is 31.7 Å². The Kier molecular flexibility index (Phi) is 40.3. The van der Waals surface area contributed by atoms with E-state index >= 15 is 0 Å². The van der Waals surface area contributed by atoms with Crippen LogP contribution in [0.2, 0.25) is 0 Å². The molecule has 3 rings (SSSR count). The third kappa shape index (κ3) is 28.8.